The van der Waals surface area contributed by atoms with Crippen molar-refractivity contribution in [3.63, 3.8) is 0 Å². The quantitative estimate of drug-likeness (QED) is 0.737. The van der Waals surface area contributed by atoms with Gasteiger partial charge in [-0.2, -0.15) is 0 Å². The zero-order valence-electron chi connectivity index (χ0n) is 13.3. The van der Waals surface area contributed by atoms with Crippen molar-refractivity contribution in [2.75, 3.05) is 0 Å². The highest BCUT2D eigenvalue weighted by Gasteiger charge is 2.68. The number of carbonyl (C=O) groups is 3. The monoisotopic (exact) mass is 350 g/mol. The molecular formula is C16H18N2O5S. The van der Waals surface area contributed by atoms with Crippen LogP contribution in [0.25, 0.3) is 0 Å². The predicted octanol–water partition coefficient (Wildman–Crippen LogP) is -0.124. The summed E-state index contributed by atoms with van der Waals surface area (Å²) in [5.74, 6) is -2.03. The van der Waals surface area contributed by atoms with Crippen LogP contribution in [0.3, 0.4) is 0 Å². The van der Waals surface area contributed by atoms with Crippen LogP contribution in [-0.4, -0.2) is 54.2 Å². The first-order valence-electron chi connectivity index (χ1n) is 7.54. The van der Waals surface area contributed by atoms with Crippen molar-refractivity contribution < 1.29 is 23.7 Å². The van der Waals surface area contributed by atoms with Crippen LogP contribution in [0.1, 0.15) is 19.4 Å². The van der Waals surface area contributed by atoms with Gasteiger partial charge in [0.15, 0.2) is 0 Å². The fourth-order valence-electron chi connectivity index (χ4n) is 3.30. The molecule has 2 amide bonds. The second kappa shape index (κ2) is 5.70. The molecule has 2 saturated heterocycles. The number of hydrogen-bond acceptors (Lipinski definition) is 4. The number of nitrogens with zero attached hydrogens (tertiary/aromatic N) is 1. The number of β-lactam (4-membered cyclic amide) rings is 1. The molecule has 0 unspecified atom stereocenters. The Labute approximate surface area is 141 Å². The summed E-state index contributed by atoms with van der Waals surface area (Å²) in [5.41, 5.74) is 0.801. The molecule has 1 aromatic carbocycles. The fraction of sp³-hybridized carbons (Fsp3) is 0.438. The second-order valence-electron chi connectivity index (χ2n) is 6.49. The van der Waals surface area contributed by atoms with E-state index in [1.807, 2.05) is 18.2 Å². The maximum atomic E-state index is 12.6. The summed E-state index contributed by atoms with van der Waals surface area (Å²) >= 11 is 0. The minimum absolute atomic E-state index is 0.107. The molecule has 0 aromatic heterocycles. The van der Waals surface area contributed by atoms with Crippen LogP contribution >= 0.6 is 0 Å². The Kier molecular flexibility index (Phi) is 3.95. The SMILES string of the molecule is CC1(C)[C@H](C(=O)O)N2C(=O)[C@@H](NC(=O)Cc3ccccc3)[C@@H]2[S@]1=O. The molecule has 0 radical (unpaired) electrons. The van der Waals surface area contributed by atoms with Gasteiger partial charge in [0.05, 0.1) is 22.0 Å². The smallest absolute Gasteiger partial charge is 0.328 e. The van der Waals surface area contributed by atoms with Crippen LogP contribution in [0.4, 0.5) is 0 Å². The van der Waals surface area contributed by atoms with Crippen LogP contribution in [0.5, 0.6) is 0 Å². The number of amides is 2. The van der Waals surface area contributed by atoms with Crippen molar-refractivity contribution in [2.24, 2.45) is 0 Å². The largest absolute Gasteiger partial charge is 0.480 e. The summed E-state index contributed by atoms with van der Waals surface area (Å²) in [7, 11) is -1.58. The number of hydrogen-bond donors (Lipinski definition) is 2. The molecule has 8 heteroatoms. The highest BCUT2D eigenvalue weighted by molar-refractivity contribution is 7.87. The first-order chi connectivity index (χ1) is 11.2. The van der Waals surface area contributed by atoms with E-state index in [1.54, 1.807) is 26.0 Å². The molecular weight excluding hydrogens is 332 g/mol. The van der Waals surface area contributed by atoms with E-state index >= 15 is 0 Å². The third-order valence-electron chi connectivity index (χ3n) is 4.51. The lowest BCUT2D eigenvalue weighted by Crippen LogP contribution is -2.71. The summed E-state index contributed by atoms with van der Waals surface area (Å²) in [6.07, 6.45) is 0.107. The van der Waals surface area contributed by atoms with E-state index in [0.29, 0.717) is 0 Å². The molecule has 4 atom stereocenters. The highest BCUT2D eigenvalue weighted by atomic mass is 32.2. The Bertz CT molecular complexity index is 733. The van der Waals surface area contributed by atoms with Crippen LogP contribution in [-0.2, 0) is 31.6 Å². The number of carboxylic acid groups (broad SMARTS) is 1. The standard InChI is InChI=1S/C16H18N2O5S/c1-16(2)12(15(21)22)18-13(20)11(14(18)24(16)23)17-10(19)8-9-6-4-3-5-7-9/h3-7,11-12,14H,8H2,1-2H3,(H,17,19)(H,21,22)/t11-,12+,14+,24-/m1/s1. The van der Waals surface area contributed by atoms with Crippen LogP contribution in [0.15, 0.2) is 30.3 Å². The van der Waals surface area contributed by atoms with Gasteiger partial charge in [0, 0.05) is 0 Å². The molecule has 0 saturated carbocycles. The number of benzene rings is 1. The average Bonchev–Trinajstić information content (AvgIpc) is 2.71. The molecule has 2 N–H and O–H groups in total. The molecule has 3 rings (SSSR count). The Balaban J connectivity index is 1.74. The Morgan fingerprint density at radius 1 is 1.29 bits per heavy atom. The van der Waals surface area contributed by atoms with E-state index in [9.17, 15) is 23.7 Å². The summed E-state index contributed by atoms with van der Waals surface area (Å²) in [6, 6.07) is 6.99. The Hall–Kier alpha value is -2.22. The summed E-state index contributed by atoms with van der Waals surface area (Å²) in [4.78, 5) is 37.0. The molecule has 2 heterocycles. The molecule has 7 nitrogen and oxygen atoms in total. The Morgan fingerprint density at radius 2 is 1.92 bits per heavy atom. The lowest BCUT2D eigenvalue weighted by Gasteiger charge is -2.43. The minimum Gasteiger partial charge on any atom is -0.480 e. The van der Waals surface area contributed by atoms with Gasteiger partial charge in [-0.15, -0.1) is 0 Å². The third kappa shape index (κ3) is 2.41. The molecule has 2 aliphatic rings. The first-order valence-corrected chi connectivity index (χ1v) is 8.75. The normalized spacial score (nSPS) is 30.4. The average molecular weight is 350 g/mol. The van der Waals surface area contributed by atoms with E-state index in [1.165, 1.54) is 0 Å². The molecule has 0 spiro atoms. The van der Waals surface area contributed by atoms with E-state index in [2.05, 4.69) is 5.32 Å². The zero-order chi connectivity index (χ0) is 17.6. The van der Waals surface area contributed by atoms with Gasteiger partial charge in [-0.3, -0.25) is 13.8 Å². The molecule has 2 fully saturated rings. The van der Waals surface area contributed by atoms with E-state index in [0.717, 1.165) is 10.5 Å². The van der Waals surface area contributed by atoms with Crippen molar-refractivity contribution in [1.82, 2.24) is 10.2 Å². The van der Waals surface area contributed by atoms with Gasteiger partial charge in [0.2, 0.25) is 11.8 Å². The third-order valence-corrected chi connectivity index (χ3v) is 6.71. The number of carboxylic acids is 1. The molecule has 0 aliphatic carbocycles. The Morgan fingerprint density at radius 3 is 2.50 bits per heavy atom. The summed E-state index contributed by atoms with van der Waals surface area (Å²) in [5, 5.41) is 11.2. The molecule has 24 heavy (non-hydrogen) atoms. The van der Waals surface area contributed by atoms with E-state index < -0.39 is 44.9 Å². The number of carbonyl (C=O) groups excluding carboxylic acids is 2. The predicted molar refractivity (Wildman–Crippen MR) is 86.4 cm³/mol. The van der Waals surface area contributed by atoms with Gasteiger partial charge in [-0.1, -0.05) is 30.3 Å². The van der Waals surface area contributed by atoms with Crippen LogP contribution in [0, 0.1) is 0 Å². The fourth-order valence-corrected chi connectivity index (χ4v) is 5.22. The van der Waals surface area contributed by atoms with Crippen molar-refractivity contribution >= 4 is 28.6 Å². The highest BCUT2D eigenvalue weighted by Crippen LogP contribution is 2.43. The summed E-state index contributed by atoms with van der Waals surface area (Å²) < 4.78 is 11.5. The zero-order valence-corrected chi connectivity index (χ0v) is 14.1. The maximum Gasteiger partial charge on any atom is 0.328 e. The number of nitrogens with one attached hydrogen (secondary N) is 1. The number of aliphatic carboxylic acids is 1. The van der Waals surface area contributed by atoms with E-state index in [-0.39, 0.29) is 12.3 Å². The van der Waals surface area contributed by atoms with Crippen LogP contribution in [0.2, 0.25) is 0 Å². The van der Waals surface area contributed by atoms with Crippen molar-refractivity contribution in [3.05, 3.63) is 35.9 Å². The number of rotatable bonds is 4. The lowest BCUT2D eigenvalue weighted by atomic mass is 9.96. The number of fused-ring (bicyclic) bond motifs is 1. The van der Waals surface area contributed by atoms with Gasteiger partial charge in [0.25, 0.3) is 0 Å². The molecule has 1 aromatic rings. The van der Waals surface area contributed by atoms with Crippen molar-refractivity contribution in [1.29, 1.82) is 0 Å². The topological polar surface area (TPSA) is 104 Å². The van der Waals surface area contributed by atoms with Gasteiger partial charge in [-0.05, 0) is 19.4 Å². The first kappa shape index (κ1) is 16.6. The summed E-state index contributed by atoms with van der Waals surface area (Å²) in [6.45, 7) is 3.13. The maximum absolute atomic E-state index is 12.6. The van der Waals surface area contributed by atoms with Crippen molar-refractivity contribution in [2.45, 2.75) is 42.5 Å². The molecule has 0 bridgehead atoms. The van der Waals surface area contributed by atoms with Gasteiger partial charge in [0.1, 0.15) is 17.5 Å². The van der Waals surface area contributed by atoms with E-state index in [4.69, 9.17) is 0 Å². The van der Waals surface area contributed by atoms with Crippen molar-refractivity contribution in [3.8, 4) is 0 Å². The second-order valence-corrected chi connectivity index (χ2v) is 8.62. The van der Waals surface area contributed by atoms with Crippen LogP contribution < -0.4 is 5.32 Å². The molecule has 2 aliphatic heterocycles. The van der Waals surface area contributed by atoms with Gasteiger partial charge in [-0.25, -0.2) is 4.79 Å². The minimum atomic E-state index is -1.58. The molecule has 128 valence electrons. The van der Waals surface area contributed by atoms with Gasteiger partial charge >= 0.3 is 5.97 Å². The lowest BCUT2D eigenvalue weighted by molar-refractivity contribution is -0.161. The van der Waals surface area contributed by atoms with Gasteiger partial charge < -0.3 is 15.3 Å².